The monoisotopic (exact) mass is 596 g/mol. The van der Waals surface area contributed by atoms with Crippen LogP contribution >= 0.6 is 0 Å². The van der Waals surface area contributed by atoms with Crippen LogP contribution in [0.2, 0.25) is 0 Å². The van der Waals surface area contributed by atoms with E-state index in [-0.39, 0.29) is 43.5 Å². The van der Waals surface area contributed by atoms with Gasteiger partial charge in [-0.15, -0.1) is 0 Å². The molecule has 43 heavy (non-hydrogen) atoms. The minimum absolute atomic E-state index is 0.156. The summed E-state index contributed by atoms with van der Waals surface area (Å²) >= 11 is 0. The van der Waals surface area contributed by atoms with Crippen molar-refractivity contribution < 1.29 is 32.2 Å². The number of hydrogen-bond acceptors (Lipinski definition) is 7. The molecular formula is C31H31F3N4O5. The molecule has 1 aromatic carbocycles. The average Bonchev–Trinajstić information content (AvgIpc) is 2.93. The van der Waals surface area contributed by atoms with E-state index in [2.05, 4.69) is 15.4 Å². The summed E-state index contributed by atoms with van der Waals surface area (Å²) in [6.07, 6.45) is -1.86. The molecule has 3 aromatic rings. The summed E-state index contributed by atoms with van der Waals surface area (Å²) in [5, 5.41) is 6.54. The Kier molecular flexibility index (Phi) is 6.95. The Morgan fingerprint density at radius 2 is 1.84 bits per heavy atom. The molecule has 0 spiro atoms. The molecule has 1 aliphatic heterocycles. The van der Waals surface area contributed by atoms with Crippen molar-refractivity contribution in [2.75, 3.05) is 11.9 Å². The van der Waals surface area contributed by atoms with Gasteiger partial charge in [0.1, 0.15) is 12.3 Å². The Morgan fingerprint density at radius 1 is 1.12 bits per heavy atom. The third kappa shape index (κ3) is 5.01. The molecule has 4 fully saturated rings. The van der Waals surface area contributed by atoms with E-state index in [1.165, 1.54) is 7.05 Å². The number of hydrogen-bond donors (Lipinski definition) is 1. The van der Waals surface area contributed by atoms with Crippen LogP contribution in [0, 0.1) is 16.7 Å². The molecule has 1 saturated heterocycles. The van der Waals surface area contributed by atoms with Crippen molar-refractivity contribution in [3.05, 3.63) is 81.9 Å². The summed E-state index contributed by atoms with van der Waals surface area (Å²) in [6, 6.07) is 13.3. The fourth-order valence-electron chi connectivity index (χ4n) is 6.66. The van der Waals surface area contributed by atoms with Gasteiger partial charge < -0.3 is 14.8 Å². The van der Waals surface area contributed by atoms with Gasteiger partial charge in [0, 0.05) is 42.8 Å². The first-order chi connectivity index (χ1) is 20.3. The first-order valence-electron chi connectivity index (χ1n) is 14.1. The van der Waals surface area contributed by atoms with E-state index in [9.17, 15) is 27.6 Å². The van der Waals surface area contributed by atoms with Gasteiger partial charge in [-0.2, -0.15) is 18.3 Å². The van der Waals surface area contributed by atoms with Crippen LogP contribution in [0.4, 0.5) is 18.9 Å². The lowest BCUT2D eigenvalue weighted by Crippen LogP contribution is -2.71. The molecule has 1 N–H and O–H groups in total. The zero-order valence-electron chi connectivity index (χ0n) is 23.7. The van der Waals surface area contributed by atoms with E-state index in [4.69, 9.17) is 9.47 Å². The third-order valence-electron chi connectivity index (χ3n) is 9.21. The van der Waals surface area contributed by atoms with E-state index in [1.807, 2.05) is 43.3 Å². The van der Waals surface area contributed by atoms with Crippen molar-refractivity contribution in [3.63, 3.8) is 0 Å². The number of ketones is 1. The Hall–Kier alpha value is -4.06. The number of pyridine rings is 1. The lowest BCUT2D eigenvalue weighted by atomic mass is 9.33. The summed E-state index contributed by atoms with van der Waals surface area (Å²) in [5.41, 5.74) is -3.23. The highest BCUT2D eigenvalue weighted by Crippen LogP contribution is 2.79. The molecule has 0 unspecified atom stereocenters. The molecule has 2 aromatic heterocycles. The molecular weight excluding hydrogens is 565 g/mol. The highest BCUT2D eigenvalue weighted by Gasteiger charge is 2.80. The SMILES string of the molecule is Cn1ncc(C(=O)C23CC(C(F)(F)F)(C2)C3)c(NC(=O)[C@H]2CCO[C@@](C)(c3ccc(OCc4ccccc4)nc3)C2)c1=O. The highest BCUT2D eigenvalue weighted by molar-refractivity contribution is 6.09. The number of halogens is 3. The van der Waals surface area contributed by atoms with Gasteiger partial charge in [0.25, 0.3) is 5.56 Å². The van der Waals surface area contributed by atoms with Crippen LogP contribution in [-0.2, 0) is 28.8 Å². The van der Waals surface area contributed by atoms with Gasteiger partial charge in [0.2, 0.25) is 11.8 Å². The number of anilines is 1. The van der Waals surface area contributed by atoms with Crippen molar-refractivity contribution in [3.8, 4) is 5.88 Å². The third-order valence-corrected chi connectivity index (χ3v) is 9.21. The maximum atomic E-state index is 13.5. The number of carbonyl (C=O) groups excluding carboxylic acids is 2. The minimum atomic E-state index is -4.38. The summed E-state index contributed by atoms with van der Waals surface area (Å²) < 4.78 is 53.0. The maximum Gasteiger partial charge on any atom is 0.394 e. The molecule has 2 atom stereocenters. The van der Waals surface area contributed by atoms with Crippen molar-refractivity contribution in [2.24, 2.45) is 23.8 Å². The Bertz CT molecular complexity index is 1600. The number of rotatable bonds is 8. The maximum absolute atomic E-state index is 13.5. The fraction of sp³-hybridized carbons (Fsp3) is 0.452. The van der Waals surface area contributed by atoms with Crippen LogP contribution in [0.1, 0.15) is 60.5 Å². The van der Waals surface area contributed by atoms with E-state index in [1.54, 1.807) is 12.3 Å². The molecule has 7 rings (SSSR count). The minimum Gasteiger partial charge on any atom is -0.473 e. The van der Waals surface area contributed by atoms with E-state index in [0.717, 1.165) is 22.0 Å². The zero-order chi connectivity index (χ0) is 30.6. The smallest absolute Gasteiger partial charge is 0.394 e. The van der Waals surface area contributed by atoms with Crippen molar-refractivity contribution in [2.45, 2.75) is 57.4 Å². The fourth-order valence-corrected chi connectivity index (χ4v) is 6.66. The van der Waals surface area contributed by atoms with Crippen LogP contribution in [0.25, 0.3) is 0 Å². The summed E-state index contributed by atoms with van der Waals surface area (Å²) in [4.78, 5) is 44.3. The van der Waals surface area contributed by atoms with Gasteiger partial charge in [-0.1, -0.05) is 30.3 Å². The van der Waals surface area contributed by atoms with Crippen LogP contribution in [-0.4, -0.2) is 39.2 Å². The second-order valence-electron chi connectivity index (χ2n) is 12.2. The zero-order valence-corrected chi connectivity index (χ0v) is 23.7. The number of amides is 1. The predicted molar refractivity (Wildman–Crippen MR) is 148 cm³/mol. The van der Waals surface area contributed by atoms with Gasteiger partial charge >= 0.3 is 6.18 Å². The van der Waals surface area contributed by atoms with E-state index >= 15 is 0 Å². The number of alkyl halides is 3. The quantitative estimate of drug-likeness (QED) is 0.366. The number of nitrogens with one attached hydrogen (secondary N) is 1. The van der Waals surface area contributed by atoms with Gasteiger partial charge in [-0.3, -0.25) is 14.4 Å². The van der Waals surface area contributed by atoms with Crippen LogP contribution in [0.15, 0.2) is 59.7 Å². The average molecular weight is 597 g/mol. The van der Waals surface area contributed by atoms with Crippen molar-refractivity contribution in [1.82, 2.24) is 14.8 Å². The molecule has 9 nitrogen and oxygen atoms in total. The molecule has 3 aliphatic carbocycles. The van der Waals surface area contributed by atoms with Crippen LogP contribution < -0.4 is 15.6 Å². The standard InChI is InChI=1S/C31H31F3N4O5/c1-28(21-8-9-23(35-13-21)42-15-19-6-4-3-5-7-19)12-20(10-11-43-28)26(40)37-24-22(14-36-38(2)27(24)41)25(39)29-16-30(17-29,18-29)31(32,33)34/h3-9,13-14,20H,10-12,15-18H2,1-2H3,(H,37,40)/t20-,28+,29?,30?/m0/s1. The summed E-state index contributed by atoms with van der Waals surface area (Å²) in [6.45, 7) is 2.49. The normalized spacial score (nSPS) is 27.9. The molecule has 4 aliphatic rings. The number of carbonyl (C=O) groups is 2. The lowest BCUT2D eigenvalue weighted by Gasteiger charge is -2.69. The number of aryl methyl sites for hydroxylation is 1. The van der Waals surface area contributed by atoms with Gasteiger partial charge in [-0.25, -0.2) is 9.67 Å². The molecule has 3 saturated carbocycles. The lowest BCUT2D eigenvalue weighted by molar-refractivity contribution is -0.346. The Labute approximate surface area is 245 Å². The second-order valence-corrected chi connectivity index (χ2v) is 12.2. The summed E-state index contributed by atoms with van der Waals surface area (Å²) in [5.74, 6) is -1.20. The van der Waals surface area contributed by atoms with Gasteiger partial charge in [-0.05, 0) is 50.7 Å². The van der Waals surface area contributed by atoms with E-state index < -0.39 is 45.8 Å². The van der Waals surface area contributed by atoms with Crippen molar-refractivity contribution in [1.29, 1.82) is 0 Å². The first kappa shape index (κ1) is 29.0. The molecule has 12 heteroatoms. The highest BCUT2D eigenvalue weighted by atomic mass is 19.4. The Balaban J connectivity index is 1.15. The van der Waals surface area contributed by atoms with Crippen LogP contribution in [0.3, 0.4) is 0 Å². The predicted octanol–water partition coefficient (Wildman–Crippen LogP) is 4.95. The van der Waals surface area contributed by atoms with E-state index in [0.29, 0.717) is 18.9 Å². The number of Topliss-reactive ketones (excluding diaryl/α,β-unsaturated/α-hetero) is 1. The molecule has 1 amide bonds. The largest absolute Gasteiger partial charge is 0.473 e. The number of nitrogens with zero attached hydrogens (tertiary/aromatic N) is 3. The second kappa shape index (κ2) is 10.3. The summed E-state index contributed by atoms with van der Waals surface area (Å²) in [7, 11) is 1.37. The number of ether oxygens (including phenoxy) is 2. The molecule has 226 valence electrons. The molecule has 2 bridgehead atoms. The van der Waals surface area contributed by atoms with Gasteiger partial charge in [0.05, 0.1) is 22.8 Å². The molecule has 0 radical (unpaired) electrons. The van der Waals surface area contributed by atoms with Gasteiger partial charge in [0.15, 0.2) is 5.78 Å². The molecule has 3 heterocycles. The number of aromatic nitrogens is 3. The van der Waals surface area contributed by atoms with Crippen molar-refractivity contribution >= 4 is 17.4 Å². The number of benzene rings is 1. The van der Waals surface area contributed by atoms with Crippen LogP contribution in [0.5, 0.6) is 5.88 Å². The first-order valence-corrected chi connectivity index (χ1v) is 14.1. The topological polar surface area (TPSA) is 112 Å². The Morgan fingerprint density at radius 3 is 2.49 bits per heavy atom.